The van der Waals surface area contributed by atoms with Crippen LogP contribution in [0.25, 0.3) is 6.08 Å². The Bertz CT molecular complexity index is 301. The van der Waals surface area contributed by atoms with Crippen LogP contribution in [0.1, 0.15) is 5.56 Å². The van der Waals surface area contributed by atoms with E-state index in [1.807, 2.05) is 0 Å². The summed E-state index contributed by atoms with van der Waals surface area (Å²) in [4.78, 5) is 3.82. The number of hydrogen-bond donors (Lipinski definition) is 1. The summed E-state index contributed by atoms with van der Waals surface area (Å²) in [6, 6.07) is 3.48. The number of hydrogen-bond acceptors (Lipinski definition) is 3. The molecule has 0 saturated carbocycles. The molecule has 0 aromatic carbocycles. The lowest BCUT2D eigenvalue weighted by Gasteiger charge is -2.00. The lowest BCUT2D eigenvalue weighted by atomic mass is 10.2. The van der Waals surface area contributed by atoms with Crippen LogP contribution < -0.4 is 0 Å². The van der Waals surface area contributed by atoms with Gasteiger partial charge in [0.2, 0.25) is 0 Å². The molecule has 1 N–H and O–H groups in total. The summed E-state index contributed by atoms with van der Waals surface area (Å²) < 4.78 is 4.62. The fraction of sp³-hybridized carbons (Fsp3) is 0.222. The van der Waals surface area contributed by atoms with Gasteiger partial charge in [0.15, 0.2) is 6.29 Å². The maximum absolute atomic E-state index is 9.03. The number of aliphatic hydroxyl groups is 1. The Balaban J connectivity index is 2.68. The Morgan fingerprint density at radius 3 is 3.08 bits per heavy atom. The lowest BCUT2D eigenvalue weighted by Crippen LogP contribution is -2.03. The van der Waals surface area contributed by atoms with E-state index >= 15 is 0 Å². The van der Waals surface area contributed by atoms with E-state index in [9.17, 15) is 0 Å². The SMILES string of the molecule is CO[C@H](O)/C=C/c1ccnc(Cl)c1. The minimum atomic E-state index is -0.882. The van der Waals surface area contributed by atoms with Crippen molar-refractivity contribution >= 4 is 17.7 Å². The Labute approximate surface area is 81.6 Å². The molecule has 0 bridgehead atoms. The van der Waals surface area contributed by atoms with Gasteiger partial charge in [-0.2, -0.15) is 0 Å². The molecular weight excluding hydrogens is 190 g/mol. The predicted octanol–water partition coefficient (Wildman–Crippen LogP) is 1.71. The Hall–Kier alpha value is -0.900. The second-order valence-electron chi connectivity index (χ2n) is 2.40. The molecular formula is C9H10ClNO2. The number of aliphatic hydroxyl groups excluding tert-OH is 1. The quantitative estimate of drug-likeness (QED) is 0.595. The number of ether oxygens (including phenoxy) is 1. The molecule has 0 amide bonds. The van der Waals surface area contributed by atoms with Crippen LogP contribution in [0.15, 0.2) is 24.4 Å². The molecule has 0 unspecified atom stereocenters. The van der Waals surface area contributed by atoms with Crippen LogP contribution >= 0.6 is 11.6 Å². The van der Waals surface area contributed by atoms with Gasteiger partial charge in [-0.3, -0.25) is 0 Å². The third-order valence-corrected chi connectivity index (χ3v) is 1.65. The molecule has 1 aromatic heterocycles. The monoisotopic (exact) mass is 199 g/mol. The second kappa shape index (κ2) is 4.97. The molecule has 13 heavy (non-hydrogen) atoms. The first kappa shape index (κ1) is 10.2. The molecule has 0 radical (unpaired) electrons. The zero-order chi connectivity index (χ0) is 9.68. The average molecular weight is 200 g/mol. The fourth-order valence-electron chi connectivity index (χ4n) is 0.793. The minimum Gasteiger partial charge on any atom is -0.365 e. The molecule has 1 aromatic rings. The fourth-order valence-corrected chi connectivity index (χ4v) is 0.975. The Kier molecular flexibility index (Phi) is 3.89. The Morgan fingerprint density at radius 2 is 2.46 bits per heavy atom. The summed E-state index contributed by atoms with van der Waals surface area (Å²) >= 11 is 5.66. The van der Waals surface area contributed by atoms with Crippen molar-refractivity contribution in [2.45, 2.75) is 6.29 Å². The lowest BCUT2D eigenvalue weighted by molar-refractivity contribution is -0.0350. The van der Waals surface area contributed by atoms with E-state index in [0.29, 0.717) is 5.15 Å². The standard InChI is InChI=1S/C9H10ClNO2/c1-13-9(12)3-2-7-4-5-11-8(10)6-7/h2-6,9,12H,1H3/b3-2+/t9-/m0/s1. The van der Waals surface area contributed by atoms with Crippen molar-refractivity contribution in [2.75, 3.05) is 7.11 Å². The molecule has 0 spiro atoms. The maximum Gasteiger partial charge on any atom is 0.174 e. The van der Waals surface area contributed by atoms with E-state index in [2.05, 4.69) is 9.72 Å². The van der Waals surface area contributed by atoms with Crippen molar-refractivity contribution in [1.82, 2.24) is 4.98 Å². The van der Waals surface area contributed by atoms with Crippen LogP contribution in [-0.2, 0) is 4.74 Å². The van der Waals surface area contributed by atoms with Crippen molar-refractivity contribution in [3.05, 3.63) is 35.1 Å². The van der Waals surface area contributed by atoms with E-state index in [-0.39, 0.29) is 0 Å². The normalized spacial score (nSPS) is 13.5. The van der Waals surface area contributed by atoms with Crippen molar-refractivity contribution < 1.29 is 9.84 Å². The molecule has 70 valence electrons. The Morgan fingerprint density at radius 1 is 1.69 bits per heavy atom. The summed E-state index contributed by atoms with van der Waals surface area (Å²) in [5, 5.41) is 9.46. The number of halogens is 1. The summed E-state index contributed by atoms with van der Waals surface area (Å²) in [5.74, 6) is 0. The maximum atomic E-state index is 9.03. The highest BCUT2D eigenvalue weighted by Gasteiger charge is 1.94. The van der Waals surface area contributed by atoms with Crippen LogP contribution in [0.3, 0.4) is 0 Å². The second-order valence-corrected chi connectivity index (χ2v) is 2.78. The molecule has 0 aliphatic carbocycles. The van der Waals surface area contributed by atoms with E-state index in [0.717, 1.165) is 5.56 Å². The van der Waals surface area contributed by atoms with Gasteiger partial charge < -0.3 is 9.84 Å². The van der Waals surface area contributed by atoms with Crippen molar-refractivity contribution in [3.63, 3.8) is 0 Å². The van der Waals surface area contributed by atoms with Gasteiger partial charge in [0.1, 0.15) is 5.15 Å². The highest BCUT2D eigenvalue weighted by molar-refractivity contribution is 6.29. The van der Waals surface area contributed by atoms with Gasteiger partial charge in [-0.1, -0.05) is 17.7 Å². The first-order valence-corrected chi connectivity index (χ1v) is 4.11. The third-order valence-electron chi connectivity index (χ3n) is 1.45. The number of aromatic nitrogens is 1. The summed E-state index contributed by atoms with van der Waals surface area (Å²) in [7, 11) is 1.43. The molecule has 3 nitrogen and oxygen atoms in total. The van der Waals surface area contributed by atoms with E-state index in [1.54, 1.807) is 24.4 Å². The van der Waals surface area contributed by atoms with Gasteiger partial charge >= 0.3 is 0 Å². The molecule has 1 heterocycles. The molecule has 0 aliphatic heterocycles. The van der Waals surface area contributed by atoms with Crippen LogP contribution in [0, 0.1) is 0 Å². The van der Waals surface area contributed by atoms with Gasteiger partial charge in [0.25, 0.3) is 0 Å². The van der Waals surface area contributed by atoms with Crippen molar-refractivity contribution in [2.24, 2.45) is 0 Å². The van der Waals surface area contributed by atoms with Gasteiger partial charge in [-0.25, -0.2) is 4.98 Å². The highest BCUT2D eigenvalue weighted by Crippen LogP contribution is 2.08. The zero-order valence-electron chi connectivity index (χ0n) is 7.14. The summed E-state index contributed by atoms with van der Waals surface area (Å²) in [6.45, 7) is 0. The molecule has 1 atom stereocenters. The van der Waals surface area contributed by atoms with E-state index < -0.39 is 6.29 Å². The van der Waals surface area contributed by atoms with E-state index in [4.69, 9.17) is 16.7 Å². The minimum absolute atomic E-state index is 0.425. The third kappa shape index (κ3) is 3.55. The van der Waals surface area contributed by atoms with Gasteiger partial charge in [0, 0.05) is 13.3 Å². The highest BCUT2D eigenvalue weighted by atomic mass is 35.5. The van der Waals surface area contributed by atoms with Crippen LogP contribution in [0.4, 0.5) is 0 Å². The number of methoxy groups -OCH3 is 1. The van der Waals surface area contributed by atoms with Gasteiger partial charge in [0.05, 0.1) is 0 Å². The van der Waals surface area contributed by atoms with Crippen molar-refractivity contribution in [3.8, 4) is 0 Å². The van der Waals surface area contributed by atoms with Gasteiger partial charge in [-0.05, 0) is 23.8 Å². The molecule has 4 heteroatoms. The largest absolute Gasteiger partial charge is 0.365 e. The predicted molar refractivity (Wildman–Crippen MR) is 51.3 cm³/mol. The number of pyridine rings is 1. The van der Waals surface area contributed by atoms with Crippen LogP contribution in [0.5, 0.6) is 0 Å². The molecule has 0 fully saturated rings. The summed E-state index contributed by atoms with van der Waals surface area (Å²) in [5.41, 5.74) is 0.871. The molecule has 1 rings (SSSR count). The van der Waals surface area contributed by atoms with Crippen LogP contribution in [-0.4, -0.2) is 23.5 Å². The number of rotatable bonds is 3. The zero-order valence-corrected chi connectivity index (χ0v) is 7.90. The topological polar surface area (TPSA) is 42.4 Å². The first-order valence-electron chi connectivity index (χ1n) is 3.73. The van der Waals surface area contributed by atoms with Gasteiger partial charge in [-0.15, -0.1) is 0 Å². The number of nitrogens with zero attached hydrogens (tertiary/aromatic N) is 1. The summed E-state index contributed by atoms with van der Waals surface area (Å²) in [6.07, 6.45) is 3.95. The first-order chi connectivity index (χ1) is 6.22. The molecule has 0 saturated heterocycles. The molecule has 0 aliphatic rings. The average Bonchev–Trinajstić information content (AvgIpc) is 2.14. The smallest absolute Gasteiger partial charge is 0.174 e. The van der Waals surface area contributed by atoms with Crippen LogP contribution in [0.2, 0.25) is 5.15 Å². The van der Waals surface area contributed by atoms with Crippen molar-refractivity contribution in [1.29, 1.82) is 0 Å². The van der Waals surface area contributed by atoms with E-state index in [1.165, 1.54) is 13.2 Å².